The van der Waals surface area contributed by atoms with Gasteiger partial charge in [-0.3, -0.25) is 0 Å². The molecule has 0 aliphatic heterocycles. The summed E-state index contributed by atoms with van der Waals surface area (Å²) in [5.41, 5.74) is 1.52. The standard InChI is InChI=1S/C11H10BrNO/c1-8(2)7-14-10-5-3-4-9(6-13)11(10)12/h3-5H,1,7H2,2H3. The van der Waals surface area contributed by atoms with Crippen LogP contribution in [0.15, 0.2) is 34.8 Å². The Labute approximate surface area is 91.9 Å². The van der Waals surface area contributed by atoms with Gasteiger partial charge in [-0.2, -0.15) is 5.26 Å². The second-order valence-corrected chi connectivity index (χ2v) is 3.77. The summed E-state index contributed by atoms with van der Waals surface area (Å²) in [6.45, 7) is 6.09. The van der Waals surface area contributed by atoms with Crippen LogP contribution in [0.2, 0.25) is 0 Å². The normalized spacial score (nSPS) is 9.21. The number of nitrogens with zero attached hydrogens (tertiary/aromatic N) is 1. The highest BCUT2D eigenvalue weighted by Gasteiger charge is 2.05. The molecule has 0 spiro atoms. The van der Waals surface area contributed by atoms with Crippen molar-refractivity contribution in [2.75, 3.05) is 6.61 Å². The van der Waals surface area contributed by atoms with Crippen molar-refractivity contribution in [1.82, 2.24) is 0 Å². The van der Waals surface area contributed by atoms with Gasteiger partial charge in [-0.25, -0.2) is 0 Å². The van der Waals surface area contributed by atoms with Crippen molar-refractivity contribution in [3.8, 4) is 11.8 Å². The minimum atomic E-state index is 0.466. The van der Waals surface area contributed by atoms with E-state index in [1.807, 2.05) is 13.0 Å². The third-order valence-electron chi connectivity index (χ3n) is 1.56. The molecule has 72 valence electrons. The average Bonchev–Trinajstić information content (AvgIpc) is 2.16. The predicted molar refractivity (Wildman–Crippen MR) is 59.2 cm³/mol. The van der Waals surface area contributed by atoms with Gasteiger partial charge in [-0.05, 0) is 40.6 Å². The van der Waals surface area contributed by atoms with Gasteiger partial charge >= 0.3 is 0 Å². The van der Waals surface area contributed by atoms with E-state index in [0.29, 0.717) is 22.4 Å². The van der Waals surface area contributed by atoms with Gasteiger partial charge in [0.1, 0.15) is 18.4 Å². The van der Waals surface area contributed by atoms with Gasteiger partial charge in [-0.15, -0.1) is 0 Å². The van der Waals surface area contributed by atoms with Gasteiger partial charge in [0, 0.05) is 0 Å². The summed E-state index contributed by atoms with van der Waals surface area (Å²) in [7, 11) is 0. The Morgan fingerprint density at radius 3 is 2.93 bits per heavy atom. The zero-order valence-corrected chi connectivity index (χ0v) is 9.47. The number of rotatable bonds is 3. The number of hydrogen-bond acceptors (Lipinski definition) is 2. The Morgan fingerprint density at radius 2 is 2.36 bits per heavy atom. The first-order valence-corrected chi connectivity index (χ1v) is 4.90. The highest BCUT2D eigenvalue weighted by atomic mass is 79.9. The van der Waals surface area contributed by atoms with Crippen LogP contribution in [0, 0.1) is 11.3 Å². The Morgan fingerprint density at radius 1 is 1.64 bits per heavy atom. The zero-order chi connectivity index (χ0) is 10.6. The molecule has 1 aromatic carbocycles. The molecule has 0 aliphatic carbocycles. The van der Waals surface area contributed by atoms with E-state index >= 15 is 0 Å². The number of hydrogen-bond donors (Lipinski definition) is 0. The molecule has 0 bridgehead atoms. The molecule has 0 heterocycles. The summed E-state index contributed by atoms with van der Waals surface area (Å²) >= 11 is 3.31. The molecule has 0 N–H and O–H groups in total. The lowest BCUT2D eigenvalue weighted by Crippen LogP contribution is -1.98. The molecule has 0 aliphatic rings. The highest BCUT2D eigenvalue weighted by molar-refractivity contribution is 9.10. The van der Waals surface area contributed by atoms with Crippen LogP contribution in [0.3, 0.4) is 0 Å². The van der Waals surface area contributed by atoms with Crippen molar-refractivity contribution >= 4 is 15.9 Å². The summed E-state index contributed by atoms with van der Waals surface area (Å²) in [4.78, 5) is 0. The maximum atomic E-state index is 8.77. The molecule has 0 aromatic heterocycles. The van der Waals surface area contributed by atoms with E-state index in [1.165, 1.54) is 0 Å². The predicted octanol–water partition coefficient (Wildman–Crippen LogP) is 3.28. The third-order valence-corrected chi connectivity index (χ3v) is 2.38. The van der Waals surface area contributed by atoms with Crippen LogP contribution in [-0.4, -0.2) is 6.61 Å². The van der Waals surface area contributed by atoms with Crippen LogP contribution in [0.5, 0.6) is 5.75 Å². The minimum Gasteiger partial charge on any atom is -0.488 e. The van der Waals surface area contributed by atoms with Gasteiger partial charge in [0.05, 0.1) is 10.0 Å². The smallest absolute Gasteiger partial charge is 0.135 e. The molecule has 3 heteroatoms. The van der Waals surface area contributed by atoms with Crippen molar-refractivity contribution in [3.63, 3.8) is 0 Å². The molecule has 1 rings (SSSR count). The van der Waals surface area contributed by atoms with Crippen LogP contribution in [0.4, 0.5) is 0 Å². The fourth-order valence-corrected chi connectivity index (χ4v) is 1.38. The molecule has 1 aromatic rings. The molecule has 0 saturated heterocycles. The molecular formula is C11H10BrNO. The minimum absolute atomic E-state index is 0.466. The second-order valence-electron chi connectivity index (χ2n) is 2.98. The van der Waals surface area contributed by atoms with E-state index in [1.54, 1.807) is 12.1 Å². The summed E-state index contributed by atoms with van der Waals surface area (Å²) in [6.07, 6.45) is 0. The highest BCUT2D eigenvalue weighted by Crippen LogP contribution is 2.28. The molecule has 0 fully saturated rings. The SMILES string of the molecule is C=C(C)COc1cccc(C#N)c1Br. The molecule has 0 unspecified atom stereocenters. The topological polar surface area (TPSA) is 33.0 Å². The van der Waals surface area contributed by atoms with Crippen molar-refractivity contribution in [3.05, 3.63) is 40.4 Å². The van der Waals surface area contributed by atoms with Gasteiger partial charge in [-0.1, -0.05) is 12.6 Å². The van der Waals surface area contributed by atoms with Crippen LogP contribution >= 0.6 is 15.9 Å². The summed E-state index contributed by atoms with van der Waals surface area (Å²) < 4.78 is 6.14. The van der Waals surface area contributed by atoms with Crippen molar-refractivity contribution in [2.45, 2.75) is 6.92 Å². The lowest BCUT2D eigenvalue weighted by Gasteiger charge is -2.08. The van der Waals surface area contributed by atoms with E-state index < -0.39 is 0 Å². The fraction of sp³-hybridized carbons (Fsp3) is 0.182. The molecule has 2 nitrogen and oxygen atoms in total. The van der Waals surface area contributed by atoms with E-state index in [0.717, 1.165) is 5.57 Å². The summed E-state index contributed by atoms with van der Waals surface area (Å²) in [5, 5.41) is 8.77. The van der Waals surface area contributed by atoms with E-state index in [9.17, 15) is 0 Å². The molecule has 0 atom stereocenters. The maximum absolute atomic E-state index is 8.77. The van der Waals surface area contributed by atoms with Crippen LogP contribution < -0.4 is 4.74 Å². The second kappa shape index (κ2) is 4.83. The van der Waals surface area contributed by atoms with Crippen molar-refractivity contribution in [1.29, 1.82) is 5.26 Å². The van der Waals surface area contributed by atoms with Gasteiger partial charge in [0.25, 0.3) is 0 Å². The number of halogens is 1. The van der Waals surface area contributed by atoms with E-state index in [-0.39, 0.29) is 0 Å². The largest absolute Gasteiger partial charge is 0.488 e. The van der Waals surface area contributed by atoms with Gasteiger partial charge in [0.2, 0.25) is 0 Å². The van der Waals surface area contributed by atoms with Crippen molar-refractivity contribution < 1.29 is 4.74 Å². The van der Waals surface area contributed by atoms with Gasteiger partial charge < -0.3 is 4.74 Å². The summed E-state index contributed by atoms with van der Waals surface area (Å²) in [6, 6.07) is 7.41. The molecule has 0 amide bonds. The molecule has 0 saturated carbocycles. The number of benzene rings is 1. The van der Waals surface area contributed by atoms with E-state index in [2.05, 4.69) is 28.6 Å². The van der Waals surface area contributed by atoms with Crippen LogP contribution in [0.25, 0.3) is 0 Å². The fourth-order valence-electron chi connectivity index (χ4n) is 0.910. The quantitative estimate of drug-likeness (QED) is 0.773. The molecular weight excluding hydrogens is 242 g/mol. The molecule has 14 heavy (non-hydrogen) atoms. The Bertz CT molecular complexity index is 393. The lowest BCUT2D eigenvalue weighted by atomic mass is 10.2. The number of ether oxygens (including phenoxy) is 1. The molecule has 0 radical (unpaired) electrons. The Kier molecular flexibility index (Phi) is 3.73. The lowest BCUT2D eigenvalue weighted by molar-refractivity contribution is 0.350. The Hall–Kier alpha value is -1.27. The first-order chi connectivity index (χ1) is 6.65. The first-order valence-electron chi connectivity index (χ1n) is 4.11. The summed E-state index contributed by atoms with van der Waals surface area (Å²) in [5.74, 6) is 0.673. The maximum Gasteiger partial charge on any atom is 0.135 e. The van der Waals surface area contributed by atoms with E-state index in [4.69, 9.17) is 10.00 Å². The number of nitriles is 1. The van der Waals surface area contributed by atoms with Crippen LogP contribution in [0.1, 0.15) is 12.5 Å². The van der Waals surface area contributed by atoms with Gasteiger partial charge in [0.15, 0.2) is 0 Å². The van der Waals surface area contributed by atoms with Crippen molar-refractivity contribution in [2.24, 2.45) is 0 Å². The average molecular weight is 252 g/mol. The monoisotopic (exact) mass is 251 g/mol. The van der Waals surface area contributed by atoms with Crippen LogP contribution in [-0.2, 0) is 0 Å². The Balaban J connectivity index is 2.88. The zero-order valence-electron chi connectivity index (χ0n) is 7.88. The first kappa shape index (κ1) is 10.8. The third kappa shape index (κ3) is 2.61.